The van der Waals surface area contributed by atoms with Crippen LogP contribution in [-0.2, 0) is 0 Å². The lowest BCUT2D eigenvalue weighted by Crippen LogP contribution is -2.10. The van der Waals surface area contributed by atoms with E-state index < -0.39 is 0 Å². The first-order chi connectivity index (χ1) is 6.27. The van der Waals surface area contributed by atoms with E-state index in [0.717, 1.165) is 11.2 Å². The van der Waals surface area contributed by atoms with Crippen molar-refractivity contribution in [1.29, 1.82) is 5.41 Å². The highest BCUT2D eigenvalue weighted by molar-refractivity contribution is 7.07. The van der Waals surface area contributed by atoms with Crippen molar-refractivity contribution < 1.29 is 0 Å². The average Bonchev–Trinajstić information content (AvgIpc) is 2.53. The zero-order valence-electron chi connectivity index (χ0n) is 6.90. The minimum Gasteiger partial charge on any atom is -0.293 e. The summed E-state index contributed by atoms with van der Waals surface area (Å²) in [6.07, 6.45) is 1.87. The first-order valence-corrected chi connectivity index (χ1v) is 4.72. The molecule has 0 unspecified atom stereocenters. The van der Waals surface area contributed by atoms with E-state index in [1.165, 1.54) is 11.3 Å². The van der Waals surface area contributed by atoms with Gasteiger partial charge in [0.15, 0.2) is 4.80 Å². The van der Waals surface area contributed by atoms with E-state index in [0.29, 0.717) is 4.80 Å². The van der Waals surface area contributed by atoms with Gasteiger partial charge in [0.1, 0.15) is 7.85 Å². The van der Waals surface area contributed by atoms with Gasteiger partial charge >= 0.3 is 0 Å². The highest BCUT2D eigenvalue weighted by Crippen LogP contribution is 2.03. The molecule has 0 atom stereocenters. The molecule has 2 rings (SSSR count). The molecule has 0 saturated heterocycles. The Balaban J connectivity index is 2.54. The van der Waals surface area contributed by atoms with Gasteiger partial charge in [0.25, 0.3) is 0 Å². The van der Waals surface area contributed by atoms with Crippen molar-refractivity contribution >= 4 is 24.6 Å². The molecule has 1 heterocycles. The summed E-state index contributed by atoms with van der Waals surface area (Å²) in [6.45, 7) is 0. The topological polar surface area (TPSA) is 28.8 Å². The van der Waals surface area contributed by atoms with Crippen molar-refractivity contribution in [2.45, 2.75) is 0 Å². The van der Waals surface area contributed by atoms with Crippen molar-refractivity contribution in [3.63, 3.8) is 0 Å². The number of rotatable bonds is 1. The lowest BCUT2D eigenvalue weighted by atomic mass is 9.96. The number of hydrogen-bond donors (Lipinski definition) is 1. The van der Waals surface area contributed by atoms with Crippen LogP contribution in [0.15, 0.2) is 35.8 Å². The Morgan fingerprint density at radius 3 is 2.46 bits per heavy atom. The Kier molecular flexibility index (Phi) is 2.06. The summed E-state index contributed by atoms with van der Waals surface area (Å²) in [5.41, 5.74) is 1.71. The normalized spacial score (nSPS) is 10.2. The van der Waals surface area contributed by atoms with Gasteiger partial charge in [0.2, 0.25) is 0 Å². The number of benzene rings is 1. The Labute approximate surface area is 81.4 Å². The maximum Gasteiger partial charge on any atom is 0.186 e. The maximum atomic E-state index is 7.59. The van der Waals surface area contributed by atoms with Gasteiger partial charge < -0.3 is 0 Å². The fourth-order valence-electron chi connectivity index (χ4n) is 1.12. The quantitative estimate of drug-likeness (QED) is 0.638. The molecule has 0 aliphatic carbocycles. The number of aromatic nitrogens is 1. The van der Waals surface area contributed by atoms with Gasteiger partial charge in [-0.25, -0.2) is 0 Å². The average molecular weight is 186 g/mol. The SMILES string of the molecule is [B]c1ccc(-n2ccsc2=N)cc1. The molecule has 1 aromatic heterocycles. The van der Waals surface area contributed by atoms with Crippen molar-refractivity contribution in [2.75, 3.05) is 0 Å². The fraction of sp³-hybridized carbons (Fsp3) is 0. The van der Waals surface area contributed by atoms with Crippen LogP contribution >= 0.6 is 11.3 Å². The minimum atomic E-state index is 0.518. The Morgan fingerprint density at radius 1 is 1.23 bits per heavy atom. The molecule has 0 saturated carbocycles. The van der Waals surface area contributed by atoms with Crippen LogP contribution in [0.4, 0.5) is 0 Å². The highest BCUT2D eigenvalue weighted by Gasteiger charge is 1.95. The second-order valence-corrected chi connectivity index (χ2v) is 3.56. The summed E-state index contributed by atoms with van der Waals surface area (Å²) in [6, 6.07) is 7.47. The molecule has 2 aromatic rings. The van der Waals surface area contributed by atoms with E-state index in [9.17, 15) is 0 Å². The van der Waals surface area contributed by atoms with Crippen LogP contribution in [0.5, 0.6) is 0 Å². The zero-order chi connectivity index (χ0) is 9.26. The largest absolute Gasteiger partial charge is 0.293 e. The molecule has 4 heteroatoms. The molecule has 0 aliphatic rings. The van der Waals surface area contributed by atoms with E-state index in [2.05, 4.69) is 0 Å². The van der Waals surface area contributed by atoms with E-state index in [1.807, 2.05) is 40.4 Å². The molecule has 0 fully saturated rings. The van der Waals surface area contributed by atoms with Gasteiger partial charge in [-0.15, -0.1) is 11.3 Å². The van der Waals surface area contributed by atoms with E-state index in [4.69, 9.17) is 13.3 Å². The van der Waals surface area contributed by atoms with Gasteiger partial charge in [-0.3, -0.25) is 9.98 Å². The standard InChI is InChI=1S/C9H7BN2S/c10-7-1-3-8(4-2-7)12-5-6-13-9(12)11/h1-6,11H. The second-order valence-electron chi connectivity index (χ2n) is 2.67. The van der Waals surface area contributed by atoms with Gasteiger partial charge in [-0.2, -0.15) is 0 Å². The van der Waals surface area contributed by atoms with Crippen LogP contribution in [0.25, 0.3) is 5.69 Å². The molecular weight excluding hydrogens is 179 g/mol. The third kappa shape index (κ3) is 1.58. The molecule has 13 heavy (non-hydrogen) atoms. The lowest BCUT2D eigenvalue weighted by Gasteiger charge is -2.01. The summed E-state index contributed by atoms with van der Waals surface area (Å²) in [5, 5.41) is 9.48. The van der Waals surface area contributed by atoms with E-state index in [1.54, 1.807) is 0 Å². The number of nitrogens with zero attached hydrogens (tertiary/aromatic N) is 1. The second kappa shape index (κ2) is 3.22. The Morgan fingerprint density at radius 2 is 1.92 bits per heavy atom. The van der Waals surface area contributed by atoms with Crippen LogP contribution in [0.1, 0.15) is 0 Å². The van der Waals surface area contributed by atoms with Crippen LogP contribution < -0.4 is 10.3 Å². The smallest absolute Gasteiger partial charge is 0.186 e. The van der Waals surface area contributed by atoms with Crippen LogP contribution in [0.2, 0.25) is 0 Å². The summed E-state index contributed by atoms with van der Waals surface area (Å²) in [5.74, 6) is 0. The first-order valence-electron chi connectivity index (χ1n) is 3.84. The van der Waals surface area contributed by atoms with Crippen molar-refractivity contribution in [3.8, 4) is 5.69 Å². The van der Waals surface area contributed by atoms with Gasteiger partial charge in [0.05, 0.1) is 0 Å². The molecule has 2 radical (unpaired) electrons. The minimum absolute atomic E-state index is 0.518. The van der Waals surface area contributed by atoms with Crippen molar-refractivity contribution in [1.82, 2.24) is 4.57 Å². The lowest BCUT2D eigenvalue weighted by molar-refractivity contribution is 0.980. The van der Waals surface area contributed by atoms with E-state index >= 15 is 0 Å². The highest BCUT2D eigenvalue weighted by atomic mass is 32.1. The Hall–Kier alpha value is -1.29. The predicted molar refractivity (Wildman–Crippen MR) is 54.9 cm³/mol. The number of thiazole rings is 1. The Bertz CT molecular complexity index is 455. The summed E-state index contributed by atoms with van der Waals surface area (Å²) >= 11 is 1.40. The van der Waals surface area contributed by atoms with Gasteiger partial charge in [0, 0.05) is 17.3 Å². The maximum absolute atomic E-state index is 7.59. The van der Waals surface area contributed by atoms with Crippen molar-refractivity contribution in [2.24, 2.45) is 0 Å². The number of hydrogen-bond acceptors (Lipinski definition) is 2. The third-order valence-electron chi connectivity index (χ3n) is 1.78. The van der Waals surface area contributed by atoms with Gasteiger partial charge in [-0.1, -0.05) is 17.6 Å². The molecule has 0 aliphatic heterocycles. The molecular formula is C9H7BN2S. The third-order valence-corrected chi connectivity index (χ3v) is 2.46. The van der Waals surface area contributed by atoms with E-state index in [-0.39, 0.29) is 0 Å². The molecule has 1 N–H and O–H groups in total. The fourth-order valence-corrected chi connectivity index (χ4v) is 1.71. The molecule has 2 nitrogen and oxygen atoms in total. The van der Waals surface area contributed by atoms with Crippen LogP contribution in [0.3, 0.4) is 0 Å². The molecule has 1 aromatic carbocycles. The predicted octanol–water partition coefficient (Wildman–Crippen LogP) is 0.812. The summed E-state index contributed by atoms with van der Waals surface area (Å²) in [7, 11) is 5.56. The van der Waals surface area contributed by atoms with Crippen LogP contribution in [0, 0.1) is 5.41 Å². The molecule has 0 bridgehead atoms. The van der Waals surface area contributed by atoms with Crippen molar-refractivity contribution in [3.05, 3.63) is 40.6 Å². The zero-order valence-corrected chi connectivity index (χ0v) is 7.71. The molecule has 0 amide bonds. The summed E-state index contributed by atoms with van der Waals surface area (Å²) < 4.78 is 1.81. The number of nitrogens with one attached hydrogen (secondary N) is 1. The monoisotopic (exact) mass is 186 g/mol. The first kappa shape index (κ1) is 8.32. The molecule has 0 spiro atoms. The molecule has 62 valence electrons. The summed E-state index contributed by atoms with van der Waals surface area (Å²) in [4.78, 5) is 0.518. The van der Waals surface area contributed by atoms with Gasteiger partial charge in [-0.05, 0) is 12.1 Å². The van der Waals surface area contributed by atoms with Crippen LogP contribution in [-0.4, -0.2) is 12.4 Å².